The zero-order valence-corrected chi connectivity index (χ0v) is 38.0. The zero-order chi connectivity index (χ0) is 46.5. The predicted octanol–water partition coefficient (Wildman–Crippen LogP) is 11.0. The summed E-state index contributed by atoms with van der Waals surface area (Å²) in [6, 6.07) is 23.1. The number of carbonyl (C=O) groups excluding carboxylic acids is 6. The van der Waals surface area contributed by atoms with Gasteiger partial charge in [0.15, 0.2) is 11.6 Å². The Kier molecular flexibility index (Phi) is 17.4. The van der Waals surface area contributed by atoms with Gasteiger partial charge in [-0.05, 0) is 123 Å². The highest BCUT2D eigenvalue weighted by Gasteiger charge is 2.26. The van der Waals surface area contributed by atoms with Crippen molar-refractivity contribution >= 4 is 116 Å². The Balaban J connectivity index is 1.26. The lowest BCUT2D eigenvalue weighted by atomic mass is 10.1. The number of alkyl halides is 2. The van der Waals surface area contributed by atoms with Gasteiger partial charge in [0.25, 0.3) is 23.6 Å². The highest BCUT2D eigenvalue weighted by molar-refractivity contribution is 6.31. The lowest BCUT2D eigenvalue weighted by Gasteiger charge is -2.16. The number of nitrogens with zero attached hydrogens (tertiary/aromatic N) is 4. The van der Waals surface area contributed by atoms with Gasteiger partial charge in [-0.15, -0.1) is 23.2 Å². The molecule has 2 atom stereocenters. The molecule has 0 aliphatic rings. The summed E-state index contributed by atoms with van der Waals surface area (Å²) in [4.78, 5) is 78.5. The second kappa shape index (κ2) is 22.9. The van der Waals surface area contributed by atoms with Crippen LogP contribution in [0, 0.1) is 13.8 Å². The number of nitrogens with one attached hydrogen (secondary N) is 4. The molecule has 64 heavy (non-hydrogen) atoms. The number of anilines is 4. The van der Waals surface area contributed by atoms with E-state index in [0.29, 0.717) is 58.5 Å². The number of hydrogen-bond donors (Lipinski definition) is 4. The van der Waals surface area contributed by atoms with Crippen LogP contribution in [0.3, 0.4) is 0 Å². The number of carbonyl (C=O) groups is 6. The fourth-order valence-electron chi connectivity index (χ4n) is 6.21. The van der Waals surface area contributed by atoms with E-state index < -0.39 is 47.3 Å². The molecule has 0 aliphatic heterocycles. The van der Waals surface area contributed by atoms with Gasteiger partial charge in [0.2, 0.25) is 12.1 Å². The fourth-order valence-corrected chi connectivity index (χ4v) is 7.08. The number of amides is 4. The Morgan fingerprint density at radius 2 is 0.891 bits per heavy atom. The number of halogens is 4. The van der Waals surface area contributed by atoms with E-state index >= 15 is 0 Å². The zero-order valence-electron chi connectivity index (χ0n) is 35.0. The van der Waals surface area contributed by atoms with Crippen molar-refractivity contribution in [3.63, 3.8) is 0 Å². The number of ketones is 2. The van der Waals surface area contributed by atoms with Crippen LogP contribution in [0.15, 0.2) is 118 Å². The van der Waals surface area contributed by atoms with E-state index in [1.807, 2.05) is 24.3 Å². The molecule has 0 saturated heterocycles. The van der Waals surface area contributed by atoms with E-state index in [4.69, 9.17) is 46.4 Å². The Bertz CT molecular complexity index is 2490. The first-order chi connectivity index (χ1) is 30.6. The SMILES string of the molecule is CC(=O)C(N=Nc1cc(Cl)cc(C(=O)Nc2ccccc2CCCl)c1)C(=O)Nc1cc(C)c(NC(=O)C(N=Nc2cc(Cl)cc(C(=O)Nc3ccccc3CCCl)c2)C(C)=O)cc1C. The molecule has 5 aromatic carbocycles. The topological polar surface area (TPSA) is 200 Å². The van der Waals surface area contributed by atoms with Crippen molar-refractivity contribution in [3.05, 3.63) is 140 Å². The maximum Gasteiger partial charge on any atom is 0.258 e. The van der Waals surface area contributed by atoms with Crippen LogP contribution < -0.4 is 21.3 Å². The van der Waals surface area contributed by atoms with E-state index in [2.05, 4.69) is 41.7 Å². The smallest absolute Gasteiger partial charge is 0.258 e. The summed E-state index contributed by atoms with van der Waals surface area (Å²) in [5, 5.41) is 27.6. The molecule has 14 nitrogen and oxygen atoms in total. The molecule has 0 aliphatic carbocycles. The van der Waals surface area contributed by atoms with Crippen LogP contribution in [0.4, 0.5) is 34.1 Å². The molecule has 5 rings (SSSR count). The minimum atomic E-state index is -1.57. The predicted molar refractivity (Wildman–Crippen MR) is 252 cm³/mol. The van der Waals surface area contributed by atoms with Gasteiger partial charge >= 0.3 is 0 Å². The van der Waals surface area contributed by atoms with Crippen molar-refractivity contribution in [1.29, 1.82) is 0 Å². The first kappa shape index (κ1) is 48.7. The average Bonchev–Trinajstić information content (AvgIpc) is 3.23. The largest absolute Gasteiger partial charge is 0.324 e. The maximum atomic E-state index is 13.4. The summed E-state index contributed by atoms with van der Waals surface area (Å²) in [6.07, 6.45) is 1.09. The molecule has 0 bridgehead atoms. The van der Waals surface area contributed by atoms with Gasteiger partial charge in [-0.3, -0.25) is 28.8 Å². The number of benzene rings is 5. The Labute approximate surface area is 389 Å². The third kappa shape index (κ3) is 13.3. The first-order valence-electron chi connectivity index (χ1n) is 19.6. The van der Waals surface area contributed by atoms with Gasteiger partial charge in [0.1, 0.15) is 0 Å². The maximum absolute atomic E-state index is 13.4. The number of azo groups is 2. The van der Waals surface area contributed by atoms with Crippen molar-refractivity contribution < 1.29 is 28.8 Å². The first-order valence-corrected chi connectivity index (χ1v) is 21.5. The lowest BCUT2D eigenvalue weighted by Crippen LogP contribution is -2.32. The van der Waals surface area contributed by atoms with Crippen LogP contribution in [-0.4, -0.2) is 59.0 Å². The monoisotopic (exact) mass is 942 g/mol. The van der Waals surface area contributed by atoms with Crippen molar-refractivity contribution in [3.8, 4) is 0 Å². The van der Waals surface area contributed by atoms with Gasteiger partial charge in [-0.25, -0.2) is 0 Å². The molecule has 5 aromatic rings. The van der Waals surface area contributed by atoms with Gasteiger partial charge in [0.05, 0.1) is 11.4 Å². The van der Waals surface area contributed by atoms with Crippen molar-refractivity contribution in [2.24, 2.45) is 20.5 Å². The molecule has 2 unspecified atom stereocenters. The van der Waals surface area contributed by atoms with Crippen LogP contribution >= 0.6 is 46.4 Å². The lowest BCUT2D eigenvalue weighted by molar-refractivity contribution is -0.127. The molecule has 4 amide bonds. The van der Waals surface area contributed by atoms with E-state index in [1.54, 1.807) is 50.2 Å². The fraction of sp³-hybridized carbons (Fsp3) is 0.217. The van der Waals surface area contributed by atoms with Crippen LogP contribution in [0.1, 0.15) is 56.8 Å². The number of para-hydroxylation sites is 2. The van der Waals surface area contributed by atoms with E-state index in [9.17, 15) is 28.8 Å². The second-order valence-electron chi connectivity index (χ2n) is 14.4. The van der Waals surface area contributed by atoms with Crippen LogP contribution in [0.5, 0.6) is 0 Å². The number of hydrogen-bond acceptors (Lipinski definition) is 10. The number of aryl methyl sites for hydroxylation is 4. The highest BCUT2D eigenvalue weighted by Crippen LogP contribution is 2.28. The highest BCUT2D eigenvalue weighted by atomic mass is 35.5. The van der Waals surface area contributed by atoms with Crippen LogP contribution in [-0.2, 0) is 32.0 Å². The Morgan fingerprint density at radius 1 is 0.516 bits per heavy atom. The molecule has 0 fully saturated rings. The van der Waals surface area contributed by atoms with Gasteiger partial charge in [-0.2, -0.15) is 20.5 Å². The van der Waals surface area contributed by atoms with Gasteiger partial charge in [-0.1, -0.05) is 59.6 Å². The van der Waals surface area contributed by atoms with Crippen molar-refractivity contribution in [1.82, 2.24) is 0 Å². The van der Waals surface area contributed by atoms with Crippen LogP contribution in [0.2, 0.25) is 10.0 Å². The Morgan fingerprint density at radius 3 is 1.25 bits per heavy atom. The molecule has 0 aromatic heterocycles. The minimum absolute atomic E-state index is 0.127. The third-order valence-corrected chi connectivity index (χ3v) is 10.3. The van der Waals surface area contributed by atoms with Crippen molar-refractivity contribution in [2.45, 2.75) is 52.6 Å². The summed E-state index contributed by atoms with van der Waals surface area (Å²) in [7, 11) is 0. The normalized spacial score (nSPS) is 12.1. The summed E-state index contributed by atoms with van der Waals surface area (Å²) in [5.74, 6) is -3.00. The van der Waals surface area contributed by atoms with Gasteiger partial charge < -0.3 is 21.3 Å². The molecular weight excluding hydrogens is 902 g/mol. The minimum Gasteiger partial charge on any atom is -0.324 e. The van der Waals surface area contributed by atoms with Crippen molar-refractivity contribution in [2.75, 3.05) is 33.0 Å². The van der Waals surface area contributed by atoms with Gasteiger partial charge in [0, 0.05) is 55.7 Å². The van der Waals surface area contributed by atoms with E-state index in [-0.39, 0.29) is 32.5 Å². The molecule has 18 heteroatoms. The quantitative estimate of drug-likeness (QED) is 0.0382. The summed E-state index contributed by atoms with van der Waals surface area (Å²) < 4.78 is 0. The second-order valence-corrected chi connectivity index (χ2v) is 16.0. The molecule has 0 spiro atoms. The molecule has 4 N–H and O–H groups in total. The summed E-state index contributed by atoms with van der Waals surface area (Å²) in [6.45, 7) is 5.69. The molecule has 0 heterocycles. The average molecular weight is 945 g/mol. The number of Topliss-reactive ketones (excluding diaryl/α,β-unsaturated/α-hetero) is 2. The Hall–Kier alpha value is -6.32. The molecule has 0 radical (unpaired) electrons. The third-order valence-electron chi connectivity index (χ3n) is 9.48. The molecular formula is C46H42Cl4N8O6. The van der Waals surface area contributed by atoms with Crippen LogP contribution in [0.25, 0.3) is 0 Å². The number of rotatable bonds is 18. The van der Waals surface area contributed by atoms with E-state index in [1.165, 1.54) is 50.2 Å². The summed E-state index contributed by atoms with van der Waals surface area (Å²) >= 11 is 24.5. The molecule has 330 valence electrons. The standard InChI is InChI=1S/C46H42Cl4N8O6/c1-25-17-40(54-46(64)42(28(4)60)58-56-36-22-32(20-34(50)24-36)44(62)52-38-12-8-6-10-30(38)14-16-48)26(2)18-39(25)53-45(63)41(27(3)59)57-55-35-21-31(19-33(49)23-35)43(61)51-37-11-7-5-9-29(37)13-15-47/h5-12,17-24,41-42H,13-16H2,1-4H3,(H,51,61)(H,52,62)(H,53,63)(H,54,64). The summed E-state index contributed by atoms with van der Waals surface area (Å²) in [5.41, 5.74) is 5.06. The van der Waals surface area contributed by atoms with E-state index in [0.717, 1.165) is 11.1 Å². The molecule has 0 saturated carbocycles.